The van der Waals surface area contributed by atoms with Gasteiger partial charge in [0.1, 0.15) is 5.56 Å². The second-order valence-electron chi connectivity index (χ2n) is 1.42. The van der Waals surface area contributed by atoms with E-state index in [1.807, 2.05) is 0 Å². The maximum Gasteiger partial charge on any atom is 0.131 e. The molecule has 0 aliphatic carbocycles. The van der Waals surface area contributed by atoms with Gasteiger partial charge in [-0.05, 0) is 12.8 Å². The second kappa shape index (κ2) is 3.91. The maximum atomic E-state index is 5.49. The van der Waals surface area contributed by atoms with Crippen LogP contribution in [0, 0.1) is 0 Å². The van der Waals surface area contributed by atoms with Crippen LogP contribution in [-0.2, 0) is 26.5 Å². The van der Waals surface area contributed by atoms with E-state index in [2.05, 4.69) is 0 Å². The summed E-state index contributed by atoms with van der Waals surface area (Å²) in [7, 11) is 0. The largest absolute Gasteiger partial charge is 0.362 e. The van der Waals surface area contributed by atoms with Crippen molar-refractivity contribution in [3.63, 3.8) is 0 Å². The van der Waals surface area contributed by atoms with E-state index in [-0.39, 0.29) is 27.3 Å². The molecule has 0 aromatic heterocycles. The standard InChI is InChI=1S/C4H7ClO.Ti/c5-4-2-1-3-6-4;/h4H,1-3H2;. The second-order valence-corrected chi connectivity index (χ2v) is 1.91. The first kappa shape index (κ1) is 7.96. The summed E-state index contributed by atoms with van der Waals surface area (Å²) in [5, 5.41) is 0. The third kappa shape index (κ3) is 2.71. The molecule has 1 saturated heterocycles. The molecule has 3 heteroatoms. The topological polar surface area (TPSA) is 9.23 Å². The molecule has 1 nitrogen and oxygen atoms in total. The Balaban J connectivity index is 0.000000360. The molecule has 0 bridgehead atoms. The minimum Gasteiger partial charge on any atom is -0.362 e. The molecule has 7 heavy (non-hydrogen) atoms. The Hall–Kier alpha value is 0.964. The monoisotopic (exact) mass is 154 g/mol. The van der Waals surface area contributed by atoms with Crippen molar-refractivity contribution in [2.24, 2.45) is 0 Å². The van der Waals surface area contributed by atoms with Gasteiger partial charge >= 0.3 is 0 Å². The van der Waals surface area contributed by atoms with Gasteiger partial charge in [-0.25, -0.2) is 0 Å². The first-order valence-electron chi connectivity index (χ1n) is 2.15. The fourth-order valence-corrected chi connectivity index (χ4v) is 0.782. The molecule has 1 atom stereocenters. The smallest absolute Gasteiger partial charge is 0.131 e. The quantitative estimate of drug-likeness (QED) is 0.378. The van der Waals surface area contributed by atoms with Crippen LogP contribution >= 0.6 is 11.6 Å². The van der Waals surface area contributed by atoms with E-state index in [0.717, 1.165) is 19.4 Å². The van der Waals surface area contributed by atoms with Gasteiger partial charge in [-0.1, -0.05) is 11.6 Å². The van der Waals surface area contributed by atoms with E-state index in [1.54, 1.807) is 0 Å². The van der Waals surface area contributed by atoms with E-state index in [0.29, 0.717) is 0 Å². The average molecular weight is 154 g/mol. The molecule has 1 unspecified atom stereocenters. The number of hydrogen-bond acceptors (Lipinski definition) is 1. The molecule has 0 spiro atoms. The van der Waals surface area contributed by atoms with Gasteiger partial charge in [-0.15, -0.1) is 0 Å². The predicted molar refractivity (Wildman–Crippen MR) is 24.8 cm³/mol. The summed E-state index contributed by atoms with van der Waals surface area (Å²) in [6.07, 6.45) is 2.16. The van der Waals surface area contributed by atoms with Crippen LogP contribution in [0.3, 0.4) is 0 Å². The molecule has 0 saturated carbocycles. The van der Waals surface area contributed by atoms with Crippen molar-refractivity contribution in [3.05, 3.63) is 0 Å². The molecule has 40 valence electrons. The number of alkyl halides is 1. The number of rotatable bonds is 0. The Morgan fingerprint density at radius 1 is 1.57 bits per heavy atom. The molecule has 1 fully saturated rings. The maximum absolute atomic E-state index is 5.49. The molecular weight excluding hydrogens is 147 g/mol. The average Bonchev–Trinajstić information content (AvgIpc) is 1.86. The van der Waals surface area contributed by atoms with Crippen molar-refractivity contribution in [2.45, 2.75) is 18.4 Å². The van der Waals surface area contributed by atoms with Crippen molar-refractivity contribution in [1.29, 1.82) is 0 Å². The van der Waals surface area contributed by atoms with Crippen LogP contribution in [0.4, 0.5) is 0 Å². The minimum absolute atomic E-state index is 0. The summed E-state index contributed by atoms with van der Waals surface area (Å²) in [6, 6.07) is 0. The number of ether oxygens (including phenoxy) is 1. The molecule has 1 rings (SSSR count). The summed E-state index contributed by atoms with van der Waals surface area (Å²) < 4.78 is 4.92. The molecule has 0 aromatic carbocycles. The molecular formula is C4H7ClOTi. The van der Waals surface area contributed by atoms with Crippen molar-refractivity contribution >= 4 is 11.6 Å². The van der Waals surface area contributed by atoms with Crippen molar-refractivity contribution in [3.8, 4) is 0 Å². The first-order valence-corrected chi connectivity index (χ1v) is 2.59. The molecule has 1 aliphatic heterocycles. The summed E-state index contributed by atoms with van der Waals surface area (Å²) in [4.78, 5) is 0. The zero-order valence-electron chi connectivity index (χ0n) is 3.98. The Labute approximate surface area is 63.3 Å². The third-order valence-electron chi connectivity index (χ3n) is 0.874. The van der Waals surface area contributed by atoms with Gasteiger partial charge in [0.15, 0.2) is 0 Å². The van der Waals surface area contributed by atoms with E-state index >= 15 is 0 Å². The Morgan fingerprint density at radius 3 is 2.43 bits per heavy atom. The Bertz CT molecular complexity index is 45.0. The summed E-state index contributed by atoms with van der Waals surface area (Å²) in [6.45, 7) is 0.855. The fourth-order valence-electron chi connectivity index (χ4n) is 0.538. The summed E-state index contributed by atoms with van der Waals surface area (Å²) in [5.74, 6) is 0. The Kier molecular flexibility index (Phi) is 4.44. The van der Waals surface area contributed by atoms with Crippen molar-refractivity contribution < 1.29 is 26.5 Å². The zero-order chi connectivity index (χ0) is 4.41. The zero-order valence-corrected chi connectivity index (χ0v) is 6.30. The van der Waals surface area contributed by atoms with E-state index in [4.69, 9.17) is 16.3 Å². The van der Waals surface area contributed by atoms with E-state index < -0.39 is 0 Å². The molecule has 1 heterocycles. The van der Waals surface area contributed by atoms with Crippen LogP contribution in [0.2, 0.25) is 0 Å². The van der Waals surface area contributed by atoms with Gasteiger partial charge in [0.05, 0.1) is 0 Å². The normalized spacial score (nSPS) is 29.6. The van der Waals surface area contributed by atoms with Gasteiger partial charge in [0.25, 0.3) is 0 Å². The van der Waals surface area contributed by atoms with Crippen molar-refractivity contribution in [2.75, 3.05) is 6.61 Å². The number of hydrogen-bond donors (Lipinski definition) is 0. The van der Waals surface area contributed by atoms with Gasteiger partial charge in [-0.3, -0.25) is 0 Å². The van der Waals surface area contributed by atoms with Crippen LogP contribution in [-0.4, -0.2) is 12.2 Å². The van der Waals surface area contributed by atoms with Crippen LogP contribution in [0.25, 0.3) is 0 Å². The third-order valence-corrected chi connectivity index (χ3v) is 1.22. The van der Waals surface area contributed by atoms with Gasteiger partial charge in [0, 0.05) is 28.3 Å². The van der Waals surface area contributed by atoms with E-state index in [1.165, 1.54) is 0 Å². The first-order chi connectivity index (χ1) is 2.89. The van der Waals surface area contributed by atoms with Crippen LogP contribution in [0.5, 0.6) is 0 Å². The summed E-state index contributed by atoms with van der Waals surface area (Å²) in [5.41, 5.74) is 0.0185. The molecule has 1 aliphatic rings. The SMILES string of the molecule is ClC1CCCO1.[Ti]. The van der Waals surface area contributed by atoms with Crippen LogP contribution < -0.4 is 0 Å². The molecule has 0 N–H and O–H groups in total. The predicted octanol–water partition coefficient (Wildman–Crippen LogP) is 1.36. The van der Waals surface area contributed by atoms with Crippen molar-refractivity contribution in [1.82, 2.24) is 0 Å². The van der Waals surface area contributed by atoms with Gasteiger partial charge < -0.3 is 4.74 Å². The van der Waals surface area contributed by atoms with E-state index in [9.17, 15) is 0 Å². The van der Waals surface area contributed by atoms with Gasteiger partial charge in [0.2, 0.25) is 0 Å². The minimum atomic E-state index is 0. The number of halogens is 1. The van der Waals surface area contributed by atoms with Crippen LogP contribution in [0.1, 0.15) is 12.8 Å². The molecule has 0 radical (unpaired) electrons. The van der Waals surface area contributed by atoms with Gasteiger partial charge in [-0.2, -0.15) is 0 Å². The summed E-state index contributed by atoms with van der Waals surface area (Å²) >= 11 is 5.49. The van der Waals surface area contributed by atoms with Crippen LogP contribution in [0.15, 0.2) is 0 Å². The fraction of sp³-hybridized carbons (Fsp3) is 1.00. The Morgan fingerprint density at radius 2 is 2.29 bits per heavy atom. The molecule has 0 amide bonds. The molecule has 0 aromatic rings.